The topological polar surface area (TPSA) is 15.3 Å². The van der Waals surface area contributed by atoms with Crippen LogP contribution in [0, 0.1) is 27.7 Å². The first kappa shape index (κ1) is 30.8. The molecule has 0 aliphatic heterocycles. The standard InChI is InChI=1S/C32H25N.C14H15N/c1-22-11-15-28(16-12-22)33(29-17-13-23(2)14-18-29)32-30-10-6-5-9-26(30)20-27-19-24-7-3-4-8-25(24)21-31(27)32;1-11-3-7-13(8-4-11)15-14-9-5-12(2)6-10-14/h3-21H,1-2H3;3-10,15H,1-2H3. The van der Waals surface area contributed by atoms with Gasteiger partial charge in [0.1, 0.15) is 0 Å². The Kier molecular flexibility index (Phi) is 8.64. The number of fused-ring (bicyclic) bond motifs is 3. The summed E-state index contributed by atoms with van der Waals surface area (Å²) in [5.41, 5.74) is 10.9. The maximum atomic E-state index is 3.36. The second kappa shape index (κ2) is 13.5. The van der Waals surface area contributed by atoms with Crippen molar-refractivity contribution in [3.8, 4) is 0 Å². The van der Waals surface area contributed by atoms with Gasteiger partial charge in [-0.3, -0.25) is 0 Å². The van der Waals surface area contributed by atoms with Crippen molar-refractivity contribution in [1.82, 2.24) is 0 Å². The zero-order valence-corrected chi connectivity index (χ0v) is 28.0. The van der Waals surface area contributed by atoms with Crippen LogP contribution in [0.3, 0.4) is 0 Å². The lowest BCUT2D eigenvalue weighted by molar-refractivity contribution is 1.29. The van der Waals surface area contributed by atoms with Crippen LogP contribution >= 0.6 is 0 Å². The number of nitrogens with one attached hydrogen (secondary N) is 1. The first-order valence-electron chi connectivity index (χ1n) is 16.6. The number of nitrogens with zero attached hydrogens (tertiary/aromatic N) is 1. The second-order valence-corrected chi connectivity index (χ2v) is 12.7. The largest absolute Gasteiger partial charge is 0.356 e. The van der Waals surface area contributed by atoms with Crippen LogP contribution in [0.1, 0.15) is 22.3 Å². The molecule has 1 N–H and O–H groups in total. The SMILES string of the molecule is Cc1ccc(N(c2ccc(C)cc2)c2c3ccccc3cc3cc4ccccc4cc23)cc1.Cc1ccc(Nc2ccc(C)cc2)cc1. The van der Waals surface area contributed by atoms with Crippen molar-refractivity contribution in [2.24, 2.45) is 0 Å². The van der Waals surface area contributed by atoms with Crippen LogP contribution in [0.5, 0.6) is 0 Å². The molecule has 0 spiro atoms. The molecule has 0 saturated carbocycles. The Morgan fingerprint density at radius 3 is 1.25 bits per heavy atom. The summed E-state index contributed by atoms with van der Waals surface area (Å²) in [6.07, 6.45) is 0. The Balaban J connectivity index is 0.000000204. The highest BCUT2D eigenvalue weighted by Gasteiger charge is 2.19. The van der Waals surface area contributed by atoms with Crippen LogP contribution in [0.4, 0.5) is 28.4 Å². The van der Waals surface area contributed by atoms with Gasteiger partial charge in [0.2, 0.25) is 0 Å². The summed E-state index contributed by atoms with van der Waals surface area (Å²) in [6, 6.07) is 58.8. The molecule has 2 nitrogen and oxygen atoms in total. The van der Waals surface area contributed by atoms with Crippen molar-refractivity contribution >= 4 is 60.8 Å². The van der Waals surface area contributed by atoms with Gasteiger partial charge >= 0.3 is 0 Å². The lowest BCUT2D eigenvalue weighted by atomic mass is 9.96. The molecule has 0 saturated heterocycles. The van der Waals surface area contributed by atoms with Crippen molar-refractivity contribution in [1.29, 1.82) is 0 Å². The number of rotatable bonds is 5. The van der Waals surface area contributed by atoms with Crippen LogP contribution in [-0.4, -0.2) is 0 Å². The van der Waals surface area contributed by atoms with Crippen LogP contribution < -0.4 is 10.2 Å². The Bertz CT molecular complexity index is 2220. The van der Waals surface area contributed by atoms with Crippen molar-refractivity contribution in [2.45, 2.75) is 27.7 Å². The van der Waals surface area contributed by atoms with Gasteiger partial charge in [0.15, 0.2) is 0 Å². The van der Waals surface area contributed by atoms with E-state index in [0.29, 0.717) is 0 Å². The van der Waals surface area contributed by atoms with E-state index in [1.807, 2.05) is 0 Å². The Hall–Kier alpha value is -5.86. The number of aryl methyl sites for hydroxylation is 4. The first-order valence-corrected chi connectivity index (χ1v) is 16.6. The fourth-order valence-electron chi connectivity index (χ4n) is 6.21. The van der Waals surface area contributed by atoms with Gasteiger partial charge in [0, 0.05) is 33.5 Å². The van der Waals surface area contributed by atoms with Crippen molar-refractivity contribution in [3.63, 3.8) is 0 Å². The molecule has 8 aromatic rings. The average molecular weight is 621 g/mol. The zero-order valence-electron chi connectivity index (χ0n) is 28.0. The van der Waals surface area contributed by atoms with E-state index in [4.69, 9.17) is 0 Å². The molecule has 0 fully saturated rings. The molecule has 0 heterocycles. The molecule has 0 aliphatic carbocycles. The van der Waals surface area contributed by atoms with E-state index in [0.717, 1.165) is 22.7 Å². The van der Waals surface area contributed by atoms with Gasteiger partial charge < -0.3 is 10.2 Å². The van der Waals surface area contributed by atoms with Gasteiger partial charge in [-0.25, -0.2) is 0 Å². The summed E-state index contributed by atoms with van der Waals surface area (Å²) >= 11 is 0. The van der Waals surface area contributed by atoms with Crippen molar-refractivity contribution in [3.05, 3.63) is 186 Å². The van der Waals surface area contributed by atoms with Gasteiger partial charge in [0.05, 0.1) is 5.69 Å². The second-order valence-electron chi connectivity index (χ2n) is 12.7. The first-order chi connectivity index (χ1) is 23.4. The lowest BCUT2D eigenvalue weighted by Gasteiger charge is -2.29. The summed E-state index contributed by atoms with van der Waals surface area (Å²) in [7, 11) is 0. The Morgan fingerprint density at radius 2 is 0.750 bits per heavy atom. The minimum absolute atomic E-state index is 1.13. The third kappa shape index (κ3) is 6.65. The van der Waals surface area contributed by atoms with E-state index < -0.39 is 0 Å². The highest BCUT2D eigenvalue weighted by atomic mass is 15.1. The maximum absolute atomic E-state index is 3.36. The Labute approximate surface area is 283 Å². The number of hydrogen-bond acceptors (Lipinski definition) is 2. The van der Waals surface area contributed by atoms with Gasteiger partial charge in [0.25, 0.3) is 0 Å². The van der Waals surface area contributed by atoms with E-state index in [-0.39, 0.29) is 0 Å². The number of hydrogen-bond donors (Lipinski definition) is 1. The summed E-state index contributed by atoms with van der Waals surface area (Å²) < 4.78 is 0. The monoisotopic (exact) mass is 620 g/mol. The molecule has 0 atom stereocenters. The van der Waals surface area contributed by atoms with Gasteiger partial charge in [-0.15, -0.1) is 0 Å². The molecule has 0 aromatic heterocycles. The predicted octanol–water partition coefficient (Wildman–Crippen LogP) is 13.3. The predicted molar refractivity (Wildman–Crippen MR) is 209 cm³/mol. The molecule has 48 heavy (non-hydrogen) atoms. The molecular formula is C46H40N2. The van der Waals surface area contributed by atoms with Crippen LogP contribution in [0.25, 0.3) is 32.3 Å². The van der Waals surface area contributed by atoms with E-state index in [9.17, 15) is 0 Å². The lowest BCUT2D eigenvalue weighted by Crippen LogP contribution is -2.11. The smallest absolute Gasteiger partial charge is 0.0618 e. The number of anilines is 5. The molecule has 8 rings (SSSR count). The quantitative estimate of drug-likeness (QED) is 0.193. The molecule has 0 radical (unpaired) electrons. The molecule has 234 valence electrons. The fraction of sp³-hybridized carbons (Fsp3) is 0.0870. The molecule has 0 aliphatic rings. The minimum atomic E-state index is 1.13. The fourth-order valence-corrected chi connectivity index (χ4v) is 6.21. The zero-order chi connectivity index (χ0) is 33.0. The third-order valence-corrected chi connectivity index (χ3v) is 8.90. The molecule has 0 unspecified atom stereocenters. The van der Waals surface area contributed by atoms with E-state index in [2.05, 4.69) is 202 Å². The maximum Gasteiger partial charge on any atom is 0.0618 e. The van der Waals surface area contributed by atoms with E-state index >= 15 is 0 Å². The molecular weight excluding hydrogens is 581 g/mol. The third-order valence-electron chi connectivity index (χ3n) is 8.90. The van der Waals surface area contributed by atoms with Gasteiger partial charge in [-0.1, -0.05) is 119 Å². The van der Waals surface area contributed by atoms with Crippen LogP contribution in [-0.2, 0) is 0 Å². The molecule has 8 aromatic carbocycles. The van der Waals surface area contributed by atoms with Crippen LogP contribution in [0.2, 0.25) is 0 Å². The van der Waals surface area contributed by atoms with E-state index in [1.54, 1.807) is 0 Å². The molecule has 0 amide bonds. The minimum Gasteiger partial charge on any atom is -0.356 e. The summed E-state index contributed by atoms with van der Waals surface area (Å²) in [5, 5.41) is 10.9. The normalized spacial score (nSPS) is 10.9. The molecule has 0 bridgehead atoms. The highest BCUT2D eigenvalue weighted by molar-refractivity contribution is 6.17. The summed E-state index contributed by atoms with van der Waals surface area (Å²) in [5.74, 6) is 0. The van der Waals surface area contributed by atoms with Gasteiger partial charge in [-0.2, -0.15) is 0 Å². The number of benzene rings is 8. The van der Waals surface area contributed by atoms with Gasteiger partial charge in [-0.05, 0) is 116 Å². The Morgan fingerprint density at radius 1 is 0.354 bits per heavy atom. The highest BCUT2D eigenvalue weighted by Crippen LogP contribution is 2.44. The van der Waals surface area contributed by atoms with Crippen LogP contribution in [0.15, 0.2) is 164 Å². The summed E-state index contributed by atoms with van der Waals surface area (Å²) in [4.78, 5) is 2.42. The van der Waals surface area contributed by atoms with Crippen molar-refractivity contribution in [2.75, 3.05) is 10.2 Å². The summed E-state index contributed by atoms with van der Waals surface area (Å²) in [6.45, 7) is 8.46. The molecule has 2 heteroatoms. The van der Waals surface area contributed by atoms with Crippen molar-refractivity contribution < 1.29 is 0 Å². The van der Waals surface area contributed by atoms with E-state index in [1.165, 1.54) is 60.3 Å². The average Bonchev–Trinajstić information content (AvgIpc) is 3.11.